The van der Waals surface area contributed by atoms with Crippen molar-refractivity contribution in [1.29, 1.82) is 0 Å². The number of fused-ring (bicyclic) bond motifs is 3. The monoisotopic (exact) mass is 208 g/mol. The smallest absolute Gasteiger partial charge is 0.124 e. The van der Waals surface area contributed by atoms with Gasteiger partial charge in [0.1, 0.15) is 6.29 Å². The topological polar surface area (TPSA) is 17.1 Å². The Labute approximate surface area is 94.7 Å². The van der Waals surface area contributed by atoms with Crippen LogP contribution in [0.1, 0.15) is 16.7 Å². The standard InChI is InChI=1S/C15H12O/c16-9-8-11-5-3-7-14-13-6-2-1-4-12(13)10-15(11)14/h1-7,9H,8,10H2. The first kappa shape index (κ1) is 9.34. The van der Waals surface area contributed by atoms with E-state index in [1.807, 2.05) is 6.07 Å². The van der Waals surface area contributed by atoms with E-state index in [-0.39, 0.29) is 0 Å². The lowest BCUT2D eigenvalue weighted by molar-refractivity contribution is -0.107. The van der Waals surface area contributed by atoms with Crippen molar-refractivity contribution in [3.05, 3.63) is 59.2 Å². The van der Waals surface area contributed by atoms with Gasteiger partial charge in [-0.15, -0.1) is 0 Å². The predicted octanol–water partition coefficient (Wildman–Crippen LogP) is 3.00. The van der Waals surface area contributed by atoms with Gasteiger partial charge < -0.3 is 4.79 Å². The molecule has 16 heavy (non-hydrogen) atoms. The molecule has 0 saturated carbocycles. The van der Waals surface area contributed by atoms with Gasteiger partial charge in [0.05, 0.1) is 0 Å². The highest BCUT2D eigenvalue weighted by Crippen LogP contribution is 2.37. The second-order valence-corrected chi connectivity index (χ2v) is 4.15. The molecule has 0 atom stereocenters. The van der Waals surface area contributed by atoms with E-state index in [0.717, 1.165) is 12.7 Å². The van der Waals surface area contributed by atoms with Crippen LogP contribution >= 0.6 is 0 Å². The Bertz CT molecular complexity index is 555. The average molecular weight is 208 g/mol. The molecule has 0 N–H and O–H groups in total. The predicted molar refractivity (Wildman–Crippen MR) is 64.5 cm³/mol. The van der Waals surface area contributed by atoms with Crippen LogP contribution in [-0.2, 0) is 17.6 Å². The summed E-state index contributed by atoms with van der Waals surface area (Å²) in [5.74, 6) is 0. The highest BCUT2D eigenvalue weighted by atomic mass is 16.1. The molecule has 1 nitrogen and oxygen atoms in total. The maximum absolute atomic E-state index is 10.6. The molecule has 0 saturated heterocycles. The van der Waals surface area contributed by atoms with Gasteiger partial charge in [0.25, 0.3) is 0 Å². The molecular weight excluding hydrogens is 196 g/mol. The summed E-state index contributed by atoms with van der Waals surface area (Å²) in [6, 6.07) is 14.7. The summed E-state index contributed by atoms with van der Waals surface area (Å²) in [6.07, 6.45) is 2.48. The minimum absolute atomic E-state index is 0.525. The van der Waals surface area contributed by atoms with Crippen LogP contribution in [0.15, 0.2) is 42.5 Å². The van der Waals surface area contributed by atoms with Gasteiger partial charge >= 0.3 is 0 Å². The number of aldehydes is 1. The van der Waals surface area contributed by atoms with Gasteiger partial charge in [0, 0.05) is 6.42 Å². The molecule has 3 rings (SSSR count). The summed E-state index contributed by atoms with van der Waals surface area (Å²) in [4.78, 5) is 10.6. The third-order valence-corrected chi connectivity index (χ3v) is 3.25. The Balaban J connectivity index is 2.19. The van der Waals surface area contributed by atoms with Crippen molar-refractivity contribution in [2.24, 2.45) is 0 Å². The molecule has 2 aromatic carbocycles. The number of hydrogen-bond acceptors (Lipinski definition) is 1. The summed E-state index contributed by atoms with van der Waals surface area (Å²) in [6.45, 7) is 0. The van der Waals surface area contributed by atoms with E-state index in [2.05, 4.69) is 36.4 Å². The van der Waals surface area contributed by atoms with Gasteiger partial charge in [-0.25, -0.2) is 0 Å². The molecule has 2 aromatic rings. The Hall–Kier alpha value is -1.89. The maximum atomic E-state index is 10.6. The Morgan fingerprint density at radius 3 is 2.69 bits per heavy atom. The minimum Gasteiger partial charge on any atom is -0.303 e. The van der Waals surface area contributed by atoms with Gasteiger partial charge in [0.2, 0.25) is 0 Å². The van der Waals surface area contributed by atoms with E-state index in [0.29, 0.717) is 6.42 Å². The first-order chi connectivity index (χ1) is 7.90. The zero-order valence-corrected chi connectivity index (χ0v) is 8.94. The van der Waals surface area contributed by atoms with E-state index in [1.54, 1.807) is 0 Å². The number of hydrogen-bond donors (Lipinski definition) is 0. The normalized spacial score (nSPS) is 12.0. The molecule has 0 aliphatic heterocycles. The molecule has 0 unspecified atom stereocenters. The molecular formula is C15H12O. The third-order valence-electron chi connectivity index (χ3n) is 3.25. The van der Waals surface area contributed by atoms with E-state index >= 15 is 0 Å². The molecule has 1 aliphatic rings. The van der Waals surface area contributed by atoms with Gasteiger partial charge in [-0.3, -0.25) is 0 Å². The maximum Gasteiger partial charge on any atom is 0.124 e. The van der Waals surface area contributed by atoms with Gasteiger partial charge in [0.15, 0.2) is 0 Å². The van der Waals surface area contributed by atoms with Crippen LogP contribution in [0.5, 0.6) is 0 Å². The van der Waals surface area contributed by atoms with Crippen molar-refractivity contribution in [3.63, 3.8) is 0 Å². The summed E-state index contributed by atoms with van der Waals surface area (Å²) in [5.41, 5.74) is 6.50. The van der Waals surface area contributed by atoms with Crippen LogP contribution in [0.25, 0.3) is 11.1 Å². The molecule has 78 valence electrons. The molecule has 0 aromatic heterocycles. The molecule has 0 spiro atoms. The lowest BCUT2D eigenvalue weighted by atomic mass is 10.00. The van der Waals surface area contributed by atoms with Crippen molar-refractivity contribution in [2.45, 2.75) is 12.8 Å². The molecule has 1 aliphatic carbocycles. The molecule has 0 radical (unpaired) electrons. The molecule has 1 heteroatoms. The summed E-state index contributed by atoms with van der Waals surface area (Å²) in [7, 11) is 0. The Morgan fingerprint density at radius 2 is 1.81 bits per heavy atom. The lowest BCUT2D eigenvalue weighted by Crippen LogP contribution is -1.93. The number of rotatable bonds is 2. The molecule has 0 amide bonds. The van der Waals surface area contributed by atoms with E-state index in [9.17, 15) is 4.79 Å². The first-order valence-corrected chi connectivity index (χ1v) is 5.53. The quantitative estimate of drug-likeness (QED) is 0.592. The van der Waals surface area contributed by atoms with Crippen LogP contribution in [-0.4, -0.2) is 6.29 Å². The summed E-state index contributed by atoms with van der Waals surface area (Å²) >= 11 is 0. The Kier molecular flexibility index (Phi) is 2.10. The molecule has 0 heterocycles. The van der Waals surface area contributed by atoms with Crippen LogP contribution in [0.4, 0.5) is 0 Å². The van der Waals surface area contributed by atoms with Crippen molar-refractivity contribution in [2.75, 3.05) is 0 Å². The van der Waals surface area contributed by atoms with E-state index in [1.165, 1.54) is 27.8 Å². The number of carbonyl (C=O) groups is 1. The van der Waals surface area contributed by atoms with Crippen molar-refractivity contribution >= 4 is 6.29 Å². The lowest BCUT2D eigenvalue weighted by Gasteiger charge is -2.04. The van der Waals surface area contributed by atoms with Gasteiger partial charge in [-0.2, -0.15) is 0 Å². The minimum atomic E-state index is 0.525. The zero-order chi connectivity index (χ0) is 11.0. The highest BCUT2D eigenvalue weighted by molar-refractivity contribution is 5.78. The van der Waals surface area contributed by atoms with Gasteiger partial charge in [-0.05, 0) is 34.2 Å². The number of carbonyl (C=O) groups excluding carboxylic acids is 1. The van der Waals surface area contributed by atoms with Crippen molar-refractivity contribution in [1.82, 2.24) is 0 Å². The van der Waals surface area contributed by atoms with Crippen LogP contribution in [0, 0.1) is 0 Å². The fourth-order valence-corrected chi connectivity index (χ4v) is 2.50. The zero-order valence-electron chi connectivity index (χ0n) is 8.94. The molecule has 0 fully saturated rings. The van der Waals surface area contributed by atoms with Crippen LogP contribution in [0.3, 0.4) is 0 Å². The third kappa shape index (κ3) is 1.28. The van der Waals surface area contributed by atoms with Crippen LogP contribution < -0.4 is 0 Å². The highest BCUT2D eigenvalue weighted by Gasteiger charge is 2.19. The second kappa shape index (κ2) is 3.60. The van der Waals surface area contributed by atoms with E-state index in [4.69, 9.17) is 0 Å². The number of benzene rings is 2. The van der Waals surface area contributed by atoms with Crippen LogP contribution in [0.2, 0.25) is 0 Å². The average Bonchev–Trinajstić information content (AvgIpc) is 2.69. The summed E-state index contributed by atoms with van der Waals surface area (Å²) < 4.78 is 0. The van der Waals surface area contributed by atoms with E-state index < -0.39 is 0 Å². The largest absolute Gasteiger partial charge is 0.303 e. The first-order valence-electron chi connectivity index (χ1n) is 5.53. The van der Waals surface area contributed by atoms with Crippen molar-refractivity contribution < 1.29 is 4.79 Å². The second-order valence-electron chi connectivity index (χ2n) is 4.15. The van der Waals surface area contributed by atoms with Crippen molar-refractivity contribution in [3.8, 4) is 11.1 Å². The summed E-state index contributed by atoms with van der Waals surface area (Å²) in [5, 5.41) is 0. The fourth-order valence-electron chi connectivity index (χ4n) is 2.50. The molecule has 0 bridgehead atoms. The Morgan fingerprint density at radius 1 is 1.00 bits per heavy atom. The SMILES string of the molecule is O=CCc1cccc2c1Cc1ccccc1-2. The fraction of sp³-hybridized carbons (Fsp3) is 0.133. The van der Waals surface area contributed by atoms with Gasteiger partial charge in [-0.1, -0.05) is 42.5 Å².